The molecule has 2 heteroatoms. The van der Waals surface area contributed by atoms with E-state index in [0.29, 0.717) is 0 Å². The summed E-state index contributed by atoms with van der Waals surface area (Å²) in [5.74, 6) is 0. The Morgan fingerprint density at radius 1 is 1.33 bits per heavy atom. The van der Waals surface area contributed by atoms with Gasteiger partial charge in [-0.05, 0) is 33.0 Å². The topological polar surface area (TPSA) is 3.24 Å². The summed E-state index contributed by atoms with van der Waals surface area (Å²) in [4.78, 5) is 2.39. The standard InChI is InChI=1S/C7H16IN/c1-3-6-9(2)7-4-5-8/h3-7H2,1-2H3. The molecule has 0 heterocycles. The molecule has 0 aromatic rings. The van der Waals surface area contributed by atoms with Crippen molar-refractivity contribution in [2.75, 3.05) is 24.6 Å². The zero-order chi connectivity index (χ0) is 7.11. The van der Waals surface area contributed by atoms with Gasteiger partial charge in [0.05, 0.1) is 0 Å². The van der Waals surface area contributed by atoms with Gasteiger partial charge in [-0.3, -0.25) is 0 Å². The maximum absolute atomic E-state index is 2.42. The zero-order valence-electron chi connectivity index (χ0n) is 6.36. The highest BCUT2D eigenvalue weighted by molar-refractivity contribution is 14.1. The van der Waals surface area contributed by atoms with Crippen molar-refractivity contribution in [3.63, 3.8) is 0 Å². The fourth-order valence-electron chi connectivity index (χ4n) is 0.823. The molecule has 0 bridgehead atoms. The van der Waals surface area contributed by atoms with Crippen LogP contribution in [0.5, 0.6) is 0 Å². The summed E-state index contributed by atoms with van der Waals surface area (Å²) in [5.41, 5.74) is 0. The van der Waals surface area contributed by atoms with Gasteiger partial charge in [-0.2, -0.15) is 0 Å². The Morgan fingerprint density at radius 3 is 2.44 bits per heavy atom. The van der Waals surface area contributed by atoms with Crippen molar-refractivity contribution in [1.29, 1.82) is 0 Å². The van der Waals surface area contributed by atoms with E-state index >= 15 is 0 Å². The lowest BCUT2D eigenvalue weighted by atomic mass is 10.4. The minimum absolute atomic E-state index is 1.25. The Balaban J connectivity index is 2.95. The second-order valence-electron chi connectivity index (χ2n) is 2.35. The molecule has 9 heavy (non-hydrogen) atoms. The number of alkyl halides is 1. The predicted octanol–water partition coefficient (Wildman–Crippen LogP) is 2.15. The van der Waals surface area contributed by atoms with Gasteiger partial charge in [0.1, 0.15) is 0 Å². The first-order chi connectivity index (χ1) is 4.31. The van der Waals surface area contributed by atoms with Gasteiger partial charge in [0.25, 0.3) is 0 Å². The van der Waals surface area contributed by atoms with Crippen molar-refractivity contribution >= 4 is 22.6 Å². The third-order valence-electron chi connectivity index (χ3n) is 1.28. The van der Waals surface area contributed by atoms with Crippen molar-refractivity contribution in [2.45, 2.75) is 19.8 Å². The average Bonchev–Trinajstić information content (AvgIpc) is 1.85. The smallest absolute Gasteiger partial charge is 0.000744 e. The van der Waals surface area contributed by atoms with Gasteiger partial charge >= 0.3 is 0 Å². The summed E-state index contributed by atoms with van der Waals surface area (Å²) in [7, 11) is 2.19. The van der Waals surface area contributed by atoms with Gasteiger partial charge in [-0.15, -0.1) is 0 Å². The molecule has 0 N–H and O–H groups in total. The van der Waals surface area contributed by atoms with Crippen molar-refractivity contribution in [1.82, 2.24) is 4.90 Å². The van der Waals surface area contributed by atoms with E-state index in [1.54, 1.807) is 0 Å². The van der Waals surface area contributed by atoms with E-state index in [-0.39, 0.29) is 0 Å². The summed E-state index contributed by atoms with van der Waals surface area (Å²) >= 11 is 2.42. The van der Waals surface area contributed by atoms with Crippen LogP contribution in [0.15, 0.2) is 0 Å². The first-order valence-corrected chi connectivity index (χ1v) is 5.08. The SMILES string of the molecule is CCCN(C)CCCI. The molecule has 0 radical (unpaired) electrons. The molecule has 0 spiro atoms. The molecule has 0 aliphatic heterocycles. The van der Waals surface area contributed by atoms with Crippen LogP contribution in [0, 0.1) is 0 Å². The third kappa shape index (κ3) is 6.58. The quantitative estimate of drug-likeness (QED) is 0.526. The maximum atomic E-state index is 2.42. The predicted molar refractivity (Wildman–Crippen MR) is 51.3 cm³/mol. The number of halogens is 1. The van der Waals surface area contributed by atoms with E-state index in [2.05, 4.69) is 41.5 Å². The first kappa shape index (κ1) is 9.69. The van der Waals surface area contributed by atoms with Crippen LogP contribution in [0.2, 0.25) is 0 Å². The molecular weight excluding hydrogens is 225 g/mol. The monoisotopic (exact) mass is 241 g/mol. The van der Waals surface area contributed by atoms with E-state index in [4.69, 9.17) is 0 Å². The van der Waals surface area contributed by atoms with Crippen molar-refractivity contribution in [3.05, 3.63) is 0 Å². The summed E-state index contributed by atoms with van der Waals surface area (Å²) in [6.07, 6.45) is 2.61. The molecule has 56 valence electrons. The Labute approximate surface area is 72.0 Å². The molecule has 1 nitrogen and oxygen atoms in total. The third-order valence-corrected chi connectivity index (χ3v) is 2.04. The van der Waals surface area contributed by atoms with Crippen molar-refractivity contribution in [3.8, 4) is 0 Å². The van der Waals surface area contributed by atoms with Gasteiger partial charge in [-0.1, -0.05) is 29.5 Å². The van der Waals surface area contributed by atoms with Crippen LogP contribution in [0.4, 0.5) is 0 Å². The van der Waals surface area contributed by atoms with Crippen molar-refractivity contribution in [2.24, 2.45) is 0 Å². The maximum Gasteiger partial charge on any atom is 0.000744 e. The molecule has 0 amide bonds. The van der Waals surface area contributed by atoms with E-state index in [0.717, 1.165) is 0 Å². The van der Waals surface area contributed by atoms with Crippen LogP contribution in [0.1, 0.15) is 19.8 Å². The number of hydrogen-bond donors (Lipinski definition) is 0. The van der Waals surface area contributed by atoms with Gasteiger partial charge in [-0.25, -0.2) is 0 Å². The van der Waals surface area contributed by atoms with E-state index in [1.807, 2.05) is 0 Å². The van der Waals surface area contributed by atoms with E-state index < -0.39 is 0 Å². The molecule has 0 aliphatic rings. The summed E-state index contributed by atoms with van der Waals surface area (Å²) < 4.78 is 1.28. The number of hydrogen-bond acceptors (Lipinski definition) is 1. The second-order valence-corrected chi connectivity index (χ2v) is 3.42. The lowest BCUT2D eigenvalue weighted by molar-refractivity contribution is 0.337. The van der Waals surface area contributed by atoms with Gasteiger partial charge in [0, 0.05) is 4.43 Å². The number of nitrogens with zero attached hydrogens (tertiary/aromatic N) is 1. The molecule has 0 saturated heterocycles. The Kier molecular flexibility index (Phi) is 7.33. The fraction of sp³-hybridized carbons (Fsp3) is 1.00. The summed E-state index contributed by atoms with van der Waals surface area (Å²) in [6, 6.07) is 0. The molecule has 0 fully saturated rings. The molecular formula is C7H16IN. The van der Waals surface area contributed by atoms with Crippen LogP contribution in [0.25, 0.3) is 0 Å². The normalized spacial score (nSPS) is 10.7. The van der Waals surface area contributed by atoms with Crippen LogP contribution in [-0.2, 0) is 0 Å². The van der Waals surface area contributed by atoms with E-state index in [9.17, 15) is 0 Å². The van der Waals surface area contributed by atoms with Crippen LogP contribution < -0.4 is 0 Å². The molecule has 0 rings (SSSR count). The molecule has 0 atom stereocenters. The lowest BCUT2D eigenvalue weighted by Gasteiger charge is -2.13. The Morgan fingerprint density at radius 2 is 2.00 bits per heavy atom. The Hall–Kier alpha value is 0.690. The van der Waals surface area contributed by atoms with E-state index in [1.165, 1.54) is 30.4 Å². The fourth-order valence-corrected chi connectivity index (χ4v) is 1.16. The average molecular weight is 241 g/mol. The minimum atomic E-state index is 1.25. The molecule has 0 aromatic heterocycles. The van der Waals surface area contributed by atoms with Crippen molar-refractivity contribution < 1.29 is 0 Å². The van der Waals surface area contributed by atoms with Gasteiger partial charge in [0.2, 0.25) is 0 Å². The first-order valence-electron chi connectivity index (χ1n) is 3.55. The second kappa shape index (κ2) is 6.81. The van der Waals surface area contributed by atoms with Crippen LogP contribution in [0.3, 0.4) is 0 Å². The van der Waals surface area contributed by atoms with Gasteiger partial charge in [0.15, 0.2) is 0 Å². The molecule has 0 unspecified atom stereocenters. The summed E-state index contributed by atoms with van der Waals surface area (Å²) in [6.45, 7) is 4.73. The van der Waals surface area contributed by atoms with Gasteiger partial charge < -0.3 is 4.90 Å². The van der Waals surface area contributed by atoms with Crippen LogP contribution in [-0.4, -0.2) is 29.5 Å². The molecule has 0 saturated carbocycles. The largest absolute Gasteiger partial charge is 0.306 e. The minimum Gasteiger partial charge on any atom is -0.306 e. The molecule has 0 aliphatic carbocycles. The number of rotatable bonds is 5. The highest BCUT2D eigenvalue weighted by Crippen LogP contribution is 1.92. The zero-order valence-corrected chi connectivity index (χ0v) is 8.52. The highest BCUT2D eigenvalue weighted by Gasteiger charge is 1.92. The van der Waals surface area contributed by atoms with Crippen LogP contribution >= 0.6 is 22.6 Å². The highest BCUT2D eigenvalue weighted by atomic mass is 127. The lowest BCUT2D eigenvalue weighted by Crippen LogP contribution is -2.20. The summed E-state index contributed by atoms with van der Waals surface area (Å²) in [5, 5.41) is 0. The Bertz CT molecular complexity index is 56.9. The molecule has 0 aromatic carbocycles.